The van der Waals surface area contributed by atoms with Gasteiger partial charge in [0.15, 0.2) is 11.5 Å². The summed E-state index contributed by atoms with van der Waals surface area (Å²) in [5.41, 5.74) is 10.7. The number of amides is 1. The largest absolute Gasteiger partial charge is 0.373 e. The van der Waals surface area contributed by atoms with Gasteiger partial charge in [-0.25, -0.2) is 14.1 Å². The lowest BCUT2D eigenvalue weighted by Crippen LogP contribution is -2.45. The normalized spacial score (nSPS) is 21.0. The van der Waals surface area contributed by atoms with E-state index < -0.39 is 0 Å². The van der Waals surface area contributed by atoms with Crippen LogP contribution in [-0.4, -0.2) is 43.9 Å². The summed E-state index contributed by atoms with van der Waals surface area (Å²) in [5, 5.41) is 4.07. The number of hydrogen-bond donors (Lipinski definition) is 2. The van der Waals surface area contributed by atoms with E-state index >= 15 is 0 Å². The molecule has 5 rings (SSSR count). The van der Waals surface area contributed by atoms with Crippen molar-refractivity contribution in [3.63, 3.8) is 0 Å². The molecule has 0 saturated carbocycles. The zero-order valence-corrected chi connectivity index (χ0v) is 16.2. The Labute approximate surface area is 170 Å². The summed E-state index contributed by atoms with van der Waals surface area (Å²) < 4.78 is 25.8. The third-order valence-electron chi connectivity index (χ3n) is 5.40. The number of halogens is 1. The smallest absolute Gasteiger partial charge is 0.276 e. The molecular formula is C19H20FN7O3. The first kappa shape index (κ1) is 18.6. The molecule has 4 heterocycles. The first-order valence-corrected chi connectivity index (χ1v) is 9.57. The van der Waals surface area contributed by atoms with Gasteiger partial charge in [-0.05, 0) is 31.0 Å². The Hall–Kier alpha value is -3.47. The van der Waals surface area contributed by atoms with Crippen molar-refractivity contribution >= 4 is 11.9 Å². The first-order chi connectivity index (χ1) is 14.5. The number of carbonyl (C=O) groups excluding carboxylic acids is 1. The molecule has 1 fully saturated rings. The van der Waals surface area contributed by atoms with Crippen LogP contribution < -0.4 is 11.2 Å². The molecule has 2 atom stereocenters. The van der Waals surface area contributed by atoms with Crippen molar-refractivity contribution in [3.8, 4) is 0 Å². The SMILES string of the molecule is Cc1nc(N)n2c1C(=O)N(Cc1nc([C@@H]3CO[C@@H](c4ccc(F)cc4)C3)no1)CN2. The summed E-state index contributed by atoms with van der Waals surface area (Å²) in [4.78, 5) is 22.9. The van der Waals surface area contributed by atoms with Crippen LogP contribution in [0.15, 0.2) is 28.8 Å². The summed E-state index contributed by atoms with van der Waals surface area (Å²) in [5.74, 6) is 0.597. The van der Waals surface area contributed by atoms with Crippen molar-refractivity contribution < 1.29 is 18.4 Å². The van der Waals surface area contributed by atoms with E-state index in [0.717, 1.165) is 5.56 Å². The molecular weight excluding hydrogens is 393 g/mol. The van der Waals surface area contributed by atoms with Gasteiger partial charge < -0.3 is 25.3 Å². The van der Waals surface area contributed by atoms with Crippen molar-refractivity contribution in [2.45, 2.75) is 31.9 Å². The molecule has 1 saturated heterocycles. The van der Waals surface area contributed by atoms with Crippen molar-refractivity contribution in [1.82, 2.24) is 24.7 Å². The number of carbonyl (C=O) groups is 1. The predicted molar refractivity (Wildman–Crippen MR) is 102 cm³/mol. The molecule has 11 heteroatoms. The zero-order valence-electron chi connectivity index (χ0n) is 16.2. The number of benzene rings is 1. The highest BCUT2D eigenvalue weighted by molar-refractivity contribution is 5.95. The minimum absolute atomic E-state index is 0.0313. The van der Waals surface area contributed by atoms with Crippen LogP contribution in [0.3, 0.4) is 0 Å². The number of imidazole rings is 1. The number of nitrogens with one attached hydrogen (secondary N) is 1. The Bertz CT molecular complexity index is 1090. The summed E-state index contributed by atoms with van der Waals surface area (Å²) in [6, 6.07) is 6.28. The lowest BCUT2D eigenvalue weighted by Gasteiger charge is -2.28. The molecule has 156 valence electrons. The van der Waals surface area contributed by atoms with Crippen LogP contribution in [0.5, 0.6) is 0 Å². The van der Waals surface area contributed by atoms with Crippen molar-refractivity contribution in [1.29, 1.82) is 0 Å². The van der Waals surface area contributed by atoms with Gasteiger partial charge in [-0.15, -0.1) is 0 Å². The third-order valence-corrected chi connectivity index (χ3v) is 5.40. The number of nitrogens with zero attached hydrogens (tertiary/aromatic N) is 5. The number of anilines is 1. The summed E-state index contributed by atoms with van der Waals surface area (Å²) >= 11 is 0. The van der Waals surface area contributed by atoms with Crippen LogP contribution in [0.4, 0.5) is 10.3 Å². The fourth-order valence-electron chi connectivity index (χ4n) is 3.84. The Morgan fingerprint density at radius 3 is 2.90 bits per heavy atom. The van der Waals surface area contributed by atoms with Crippen molar-refractivity contribution in [2.75, 3.05) is 24.4 Å². The Morgan fingerprint density at radius 2 is 2.10 bits per heavy atom. The maximum atomic E-state index is 13.1. The Morgan fingerprint density at radius 1 is 1.30 bits per heavy atom. The van der Waals surface area contributed by atoms with Crippen LogP contribution in [0.1, 0.15) is 51.9 Å². The molecule has 1 amide bonds. The number of ether oxygens (including phenoxy) is 1. The average Bonchev–Trinajstić information content (AvgIpc) is 3.44. The fourth-order valence-corrected chi connectivity index (χ4v) is 3.84. The van der Waals surface area contributed by atoms with Crippen molar-refractivity contribution in [3.05, 3.63) is 58.7 Å². The molecule has 30 heavy (non-hydrogen) atoms. The maximum absolute atomic E-state index is 13.1. The van der Waals surface area contributed by atoms with Gasteiger partial charge in [0.25, 0.3) is 5.91 Å². The molecule has 3 aromatic rings. The number of nitrogen functional groups attached to an aromatic ring is 1. The van der Waals surface area contributed by atoms with Gasteiger partial charge in [-0.2, -0.15) is 4.98 Å². The molecule has 3 N–H and O–H groups in total. The van der Waals surface area contributed by atoms with Crippen LogP contribution >= 0.6 is 0 Å². The molecule has 10 nitrogen and oxygen atoms in total. The quantitative estimate of drug-likeness (QED) is 0.662. The van der Waals surface area contributed by atoms with E-state index in [9.17, 15) is 9.18 Å². The topological polar surface area (TPSA) is 124 Å². The van der Waals surface area contributed by atoms with Gasteiger partial charge in [0.2, 0.25) is 11.8 Å². The highest BCUT2D eigenvalue weighted by Crippen LogP contribution is 2.37. The molecule has 0 aliphatic carbocycles. The number of aryl methyl sites for hydroxylation is 1. The second-order valence-corrected chi connectivity index (χ2v) is 7.41. The molecule has 2 aliphatic heterocycles. The number of aromatic nitrogens is 4. The fraction of sp³-hybridized carbons (Fsp3) is 0.368. The summed E-state index contributed by atoms with van der Waals surface area (Å²) in [6.45, 7) is 2.58. The first-order valence-electron chi connectivity index (χ1n) is 9.57. The number of rotatable bonds is 4. The molecule has 0 unspecified atom stereocenters. The standard InChI is InChI=1S/C19H20FN7O3/c1-10-16-18(28)26(9-22-27(16)19(21)23-10)7-15-24-17(25-30-15)12-6-14(29-8-12)11-2-4-13(20)5-3-11/h2-5,12,14,22H,6-9H2,1H3,(H2,21,23)/t12-,14+/m0/s1. The zero-order chi connectivity index (χ0) is 20.8. The van der Waals surface area contributed by atoms with E-state index in [2.05, 4.69) is 20.6 Å². The highest BCUT2D eigenvalue weighted by atomic mass is 19.1. The molecule has 0 spiro atoms. The maximum Gasteiger partial charge on any atom is 0.276 e. The number of nitrogens with two attached hydrogens (primary N) is 1. The third kappa shape index (κ3) is 3.16. The van der Waals surface area contributed by atoms with Gasteiger partial charge in [0.05, 0.1) is 18.4 Å². The van der Waals surface area contributed by atoms with Crippen molar-refractivity contribution in [2.24, 2.45) is 0 Å². The highest BCUT2D eigenvalue weighted by Gasteiger charge is 2.33. The predicted octanol–water partition coefficient (Wildman–Crippen LogP) is 1.70. The van der Waals surface area contributed by atoms with E-state index in [0.29, 0.717) is 36.1 Å². The van der Waals surface area contributed by atoms with Gasteiger partial charge in [0.1, 0.15) is 19.0 Å². The monoisotopic (exact) mass is 413 g/mol. The number of hydrogen-bond acceptors (Lipinski definition) is 8. The molecule has 2 aliphatic rings. The van der Waals surface area contributed by atoms with Crippen LogP contribution in [0.2, 0.25) is 0 Å². The molecule has 1 aromatic carbocycles. The molecule has 0 radical (unpaired) electrons. The van der Waals surface area contributed by atoms with Crippen LogP contribution in [0.25, 0.3) is 0 Å². The Kier molecular flexibility index (Phi) is 4.39. The summed E-state index contributed by atoms with van der Waals surface area (Å²) in [7, 11) is 0. The van der Waals surface area contributed by atoms with Crippen LogP contribution in [-0.2, 0) is 11.3 Å². The number of fused-ring (bicyclic) bond motifs is 1. The van der Waals surface area contributed by atoms with E-state index in [1.54, 1.807) is 24.0 Å². The van der Waals surface area contributed by atoms with Gasteiger partial charge >= 0.3 is 0 Å². The Balaban J connectivity index is 1.26. The minimum atomic E-state index is -0.279. The second-order valence-electron chi connectivity index (χ2n) is 7.41. The van der Waals surface area contributed by atoms with Gasteiger partial charge in [0, 0.05) is 5.92 Å². The second kappa shape index (κ2) is 7.10. The van der Waals surface area contributed by atoms with E-state index in [-0.39, 0.29) is 42.9 Å². The van der Waals surface area contributed by atoms with E-state index in [1.165, 1.54) is 16.8 Å². The summed E-state index contributed by atoms with van der Waals surface area (Å²) in [6.07, 6.45) is 0.533. The van der Waals surface area contributed by atoms with Gasteiger partial charge in [-0.1, -0.05) is 17.3 Å². The lowest BCUT2D eigenvalue weighted by atomic mass is 10.00. The van der Waals surface area contributed by atoms with Crippen LogP contribution in [0, 0.1) is 12.7 Å². The van der Waals surface area contributed by atoms with E-state index in [1.807, 2.05) is 0 Å². The minimum Gasteiger partial charge on any atom is -0.373 e. The average molecular weight is 413 g/mol. The van der Waals surface area contributed by atoms with E-state index in [4.69, 9.17) is 15.0 Å². The molecule has 2 aromatic heterocycles. The van der Waals surface area contributed by atoms with Gasteiger partial charge in [-0.3, -0.25) is 4.79 Å². The molecule has 0 bridgehead atoms. The lowest BCUT2D eigenvalue weighted by molar-refractivity contribution is 0.0696.